The van der Waals surface area contributed by atoms with Crippen LogP contribution in [0.3, 0.4) is 0 Å². The molecule has 5 heteroatoms. The number of aromatic nitrogens is 2. The fraction of sp³-hybridized carbons (Fsp3) is 0.471. The topological polar surface area (TPSA) is 55.9 Å². The van der Waals surface area contributed by atoms with Gasteiger partial charge in [0.15, 0.2) is 0 Å². The Hall–Kier alpha value is -1.88. The van der Waals surface area contributed by atoms with Gasteiger partial charge in [-0.3, -0.25) is 0 Å². The molecule has 0 saturated heterocycles. The first-order valence-electron chi connectivity index (χ1n) is 8.07. The molecule has 0 spiro atoms. The standard InChI is InChI=1S/C17H23FN4/c18-14-6-8-15(9-7-14)22-17(13-4-2-1-3-5-13)16(12-21-22)20-11-10-19/h6-9,12-13,20H,1-5,10-11,19H2. The molecule has 1 aromatic heterocycles. The van der Waals surface area contributed by atoms with Crippen LogP contribution >= 0.6 is 0 Å². The van der Waals surface area contributed by atoms with E-state index >= 15 is 0 Å². The minimum absolute atomic E-state index is 0.225. The van der Waals surface area contributed by atoms with Crippen molar-refractivity contribution in [3.8, 4) is 5.69 Å². The fourth-order valence-electron chi connectivity index (χ4n) is 3.26. The largest absolute Gasteiger partial charge is 0.381 e. The van der Waals surface area contributed by atoms with Crippen molar-refractivity contribution in [2.75, 3.05) is 18.4 Å². The van der Waals surface area contributed by atoms with E-state index in [0.717, 1.165) is 17.9 Å². The maximum absolute atomic E-state index is 13.2. The zero-order valence-corrected chi connectivity index (χ0v) is 12.8. The number of hydrogen-bond acceptors (Lipinski definition) is 3. The van der Waals surface area contributed by atoms with Crippen molar-refractivity contribution in [1.29, 1.82) is 0 Å². The van der Waals surface area contributed by atoms with Gasteiger partial charge in [0.05, 0.1) is 23.3 Å². The first-order chi connectivity index (χ1) is 10.8. The highest BCUT2D eigenvalue weighted by Crippen LogP contribution is 2.37. The van der Waals surface area contributed by atoms with Crippen LogP contribution in [0.25, 0.3) is 5.69 Å². The first kappa shape index (κ1) is 15.0. The minimum atomic E-state index is -0.225. The molecular weight excluding hydrogens is 279 g/mol. The average molecular weight is 302 g/mol. The second-order valence-corrected chi connectivity index (χ2v) is 5.88. The number of nitrogens with one attached hydrogen (secondary N) is 1. The van der Waals surface area contributed by atoms with Gasteiger partial charge in [-0.2, -0.15) is 5.10 Å². The predicted octanol–water partition coefficient (Wildman–Crippen LogP) is 3.43. The Bertz CT molecular complexity index is 600. The molecule has 0 aliphatic heterocycles. The lowest BCUT2D eigenvalue weighted by atomic mass is 9.86. The molecule has 1 saturated carbocycles. The van der Waals surface area contributed by atoms with Crippen molar-refractivity contribution >= 4 is 5.69 Å². The summed E-state index contributed by atoms with van der Waals surface area (Å²) in [4.78, 5) is 0. The maximum atomic E-state index is 13.2. The van der Waals surface area contributed by atoms with E-state index < -0.39 is 0 Å². The number of halogens is 1. The van der Waals surface area contributed by atoms with Crippen molar-refractivity contribution in [2.24, 2.45) is 5.73 Å². The summed E-state index contributed by atoms with van der Waals surface area (Å²) in [6.45, 7) is 1.32. The summed E-state index contributed by atoms with van der Waals surface area (Å²) in [5.41, 5.74) is 8.78. The molecule has 0 atom stereocenters. The molecule has 118 valence electrons. The SMILES string of the molecule is NCCNc1cnn(-c2ccc(F)cc2)c1C1CCCCC1. The molecule has 0 bridgehead atoms. The predicted molar refractivity (Wildman–Crippen MR) is 86.9 cm³/mol. The molecule has 1 fully saturated rings. The Kier molecular flexibility index (Phi) is 4.73. The lowest BCUT2D eigenvalue weighted by Gasteiger charge is -2.24. The van der Waals surface area contributed by atoms with E-state index in [1.807, 2.05) is 10.9 Å². The van der Waals surface area contributed by atoms with E-state index in [4.69, 9.17) is 5.73 Å². The number of hydrogen-bond donors (Lipinski definition) is 2. The highest BCUT2D eigenvalue weighted by atomic mass is 19.1. The van der Waals surface area contributed by atoms with Crippen LogP contribution in [-0.4, -0.2) is 22.9 Å². The summed E-state index contributed by atoms with van der Waals surface area (Å²) >= 11 is 0. The van der Waals surface area contributed by atoms with E-state index in [2.05, 4.69) is 10.4 Å². The molecule has 0 amide bonds. The number of nitrogens with zero attached hydrogens (tertiary/aromatic N) is 2. The molecule has 0 unspecified atom stereocenters. The molecule has 22 heavy (non-hydrogen) atoms. The van der Waals surface area contributed by atoms with Gasteiger partial charge in [0.2, 0.25) is 0 Å². The van der Waals surface area contributed by atoms with Crippen LogP contribution in [0, 0.1) is 5.82 Å². The summed E-state index contributed by atoms with van der Waals surface area (Å²) in [7, 11) is 0. The zero-order valence-electron chi connectivity index (χ0n) is 12.8. The van der Waals surface area contributed by atoms with Gasteiger partial charge in [0, 0.05) is 19.0 Å². The lowest BCUT2D eigenvalue weighted by molar-refractivity contribution is 0.430. The monoisotopic (exact) mass is 302 g/mol. The normalized spacial score (nSPS) is 15.9. The minimum Gasteiger partial charge on any atom is -0.381 e. The summed E-state index contributed by atoms with van der Waals surface area (Å²) in [5, 5.41) is 7.91. The van der Waals surface area contributed by atoms with Crippen LogP contribution in [0.2, 0.25) is 0 Å². The number of nitrogens with two attached hydrogens (primary N) is 1. The van der Waals surface area contributed by atoms with Gasteiger partial charge in [-0.1, -0.05) is 19.3 Å². The molecule has 3 rings (SSSR count). The number of benzene rings is 1. The Morgan fingerprint density at radius 2 is 1.91 bits per heavy atom. The molecule has 2 aromatic rings. The lowest BCUT2D eigenvalue weighted by Crippen LogP contribution is -2.16. The fourth-order valence-corrected chi connectivity index (χ4v) is 3.26. The van der Waals surface area contributed by atoms with E-state index in [-0.39, 0.29) is 5.82 Å². The van der Waals surface area contributed by atoms with Gasteiger partial charge in [0.1, 0.15) is 5.82 Å². The van der Waals surface area contributed by atoms with Crippen molar-refractivity contribution in [2.45, 2.75) is 38.0 Å². The van der Waals surface area contributed by atoms with Crippen molar-refractivity contribution in [3.63, 3.8) is 0 Å². The van der Waals surface area contributed by atoms with E-state index in [1.54, 1.807) is 12.1 Å². The smallest absolute Gasteiger partial charge is 0.123 e. The molecule has 1 aliphatic carbocycles. The molecule has 3 N–H and O–H groups in total. The van der Waals surface area contributed by atoms with Crippen LogP contribution in [0.5, 0.6) is 0 Å². The van der Waals surface area contributed by atoms with E-state index in [1.165, 1.54) is 49.9 Å². The second kappa shape index (κ2) is 6.92. The van der Waals surface area contributed by atoms with Gasteiger partial charge >= 0.3 is 0 Å². The van der Waals surface area contributed by atoms with Gasteiger partial charge in [-0.05, 0) is 37.1 Å². The number of anilines is 1. The second-order valence-electron chi connectivity index (χ2n) is 5.88. The van der Waals surface area contributed by atoms with E-state index in [9.17, 15) is 4.39 Å². The van der Waals surface area contributed by atoms with Crippen LogP contribution in [-0.2, 0) is 0 Å². The number of rotatable bonds is 5. The van der Waals surface area contributed by atoms with Crippen molar-refractivity contribution < 1.29 is 4.39 Å². The molecule has 0 radical (unpaired) electrons. The third kappa shape index (κ3) is 3.14. The van der Waals surface area contributed by atoms with Gasteiger partial charge in [0.25, 0.3) is 0 Å². The molecular formula is C17H23FN4. The summed E-state index contributed by atoms with van der Waals surface area (Å²) < 4.78 is 15.1. The Labute approximate surface area is 130 Å². The third-order valence-electron chi connectivity index (χ3n) is 4.33. The van der Waals surface area contributed by atoms with Crippen LogP contribution in [0.1, 0.15) is 43.7 Å². The molecule has 4 nitrogen and oxygen atoms in total. The van der Waals surface area contributed by atoms with Crippen molar-refractivity contribution in [1.82, 2.24) is 9.78 Å². The average Bonchev–Trinajstić information content (AvgIpc) is 2.98. The summed E-state index contributed by atoms with van der Waals surface area (Å²) in [6.07, 6.45) is 8.06. The third-order valence-corrected chi connectivity index (χ3v) is 4.33. The zero-order chi connectivity index (χ0) is 15.4. The Balaban J connectivity index is 1.97. The van der Waals surface area contributed by atoms with Crippen molar-refractivity contribution in [3.05, 3.63) is 42.0 Å². The quantitative estimate of drug-likeness (QED) is 0.889. The van der Waals surface area contributed by atoms with Crippen LogP contribution < -0.4 is 11.1 Å². The van der Waals surface area contributed by atoms with Gasteiger partial charge in [-0.25, -0.2) is 9.07 Å². The van der Waals surface area contributed by atoms with Crippen LogP contribution in [0.4, 0.5) is 10.1 Å². The maximum Gasteiger partial charge on any atom is 0.123 e. The van der Waals surface area contributed by atoms with E-state index in [0.29, 0.717) is 12.5 Å². The highest BCUT2D eigenvalue weighted by molar-refractivity contribution is 5.52. The molecule has 1 aliphatic rings. The van der Waals surface area contributed by atoms with Gasteiger partial charge < -0.3 is 11.1 Å². The first-order valence-corrected chi connectivity index (χ1v) is 8.07. The molecule has 1 heterocycles. The Morgan fingerprint density at radius 3 is 2.59 bits per heavy atom. The van der Waals surface area contributed by atoms with Crippen LogP contribution in [0.15, 0.2) is 30.5 Å². The molecule has 1 aromatic carbocycles. The Morgan fingerprint density at radius 1 is 1.18 bits per heavy atom. The summed E-state index contributed by atoms with van der Waals surface area (Å²) in [5.74, 6) is 0.276. The highest BCUT2D eigenvalue weighted by Gasteiger charge is 2.23. The summed E-state index contributed by atoms with van der Waals surface area (Å²) in [6, 6.07) is 6.52. The van der Waals surface area contributed by atoms with Gasteiger partial charge in [-0.15, -0.1) is 0 Å².